The van der Waals surface area contributed by atoms with Gasteiger partial charge < -0.3 is 14.8 Å². The molecule has 8 nitrogen and oxygen atoms in total. The van der Waals surface area contributed by atoms with Crippen LogP contribution in [0.1, 0.15) is 12.8 Å². The van der Waals surface area contributed by atoms with Crippen LogP contribution in [0, 0.1) is 0 Å². The Morgan fingerprint density at radius 3 is 2.89 bits per heavy atom. The lowest BCUT2D eigenvalue weighted by Gasteiger charge is -2.22. The second-order valence-electron chi connectivity index (χ2n) is 5.92. The number of pyridine rings is 1. The quantitative estimate of drug-likeness (QED) is 0.667. The zero-order valence-electron chi connectivity index (χ0n) is 14.8. The topological polar surface area (TPSA) is 97.8 Å². The van der Waals surface area contributed by atoms with Crippen molar-refractivity contribution in [2.75, 3.05) is 32.2 Å². The van der Waals surface area contributed by atoms with Gasteiger partial charge in [0, 0.05) is 19.7 Å². The molecular weight excluding hydrogens is 390 g/mol. The van der Waals surface area contributed by atoms with Crippen LogP contribution in [0.5, 0.6) is 5.88 Å². The first-order valence-corrected chi connectivity index (χ1v) is 10.8. The summed E-state index contributed by atoms with van der Waals surface area (Å²) in [6.07, 6.45) is 2.61. The molecule has 3 heterocycles. The van der Waals surface area contributed by atoms with Gasteiger partial charge >= 0.3 is 0 Å². The average molecular weight is 412 g/mol. The number of hydrogen-bond acceptors (Lipinski definition) is 7. The summed E-state index contributed by atoms with van der Waals surface area (Å²) in [6, 6.07) is 5.82. The monoisotopic (exact) mass is 411 g/mol. The number of carbonyl (C=O) groups excluding carboxylic acids is 1. The molecule has 10 heteroatoms. The van der Waals surface area contributed by atoms with E-state index in [0.717, 1.165) is 11.3 Å². The average Bonchev–Trinajstić information content (AvgIpc) is 3.36. The Morgan fingerprint density at radius 1 is 1.37 bits per heavy atom. The van der Waals surface area contributed by atoms with E-state index in [1.54, 1.807) is 36.8 Å². The third kappa shape index (κ3) is 4.64. The van der Waals surface area contributed by atoms with Crippen molar-refractivity contribution >= 4 is 33.0 Å². The fourth-order valence-electron chi connectivity index (χ4n) is 2.81. The first kappa shape index (κ1) is 19.7. The molecule has 2 aromatic rings. The molecule has 3 rings (SSSR count). The van der Waals surface area contributed by atoms with Crippen LogP contribution in [-0.2, 0) is 19.6 Å². The second kappa shape index (κ2) is 8.79. The highest BCUT2D eigenvalue weighted by Gasteiger charge is 2.39. The largest absolute Gasteiger partial charge is 0.475 e. The molecule has 0 radical (unpaired) electrons. The Kier molecular flexibility index (Phi) is 6.42. The number of anilines is 1. The lowest BCUT2D eigenvalue weighted by atomic mass is 10.2. The number of thiophene rings is 1. The fourth-order valence-corrected chi connectivity index (χ4v) is 5.59. The maximum absolute atomic E-state index is 12.7. The van der Waals surface area contributed by atoms with Gasteiger partial charge in [-0.1, -0.05) is 6.07 Å². The second-order valence-corrected chi connectivity index (χ2v) is 8.99. The minimum atomic E-state index is -3.66. The number of carbonyl (C=O) groups is 1. The van der Waals surface area contributed by atoms with E-state index in [1.165, 1.54) is 10.5 Å². The summed E-state index contributed by atoms with van der Waals surface area (Å²) in [5.74, 6) is 0.0651. The number of hydrogen-bond donors (Lipinski definition) is 1. The Balaban J connectivity index is 1.65. The Morgan fingerprint density at radius 2 is 2.22 bits per heavy atom. The number of rotatable bonds is 8. The molecule has 27 heavy (non-hydrogen) atoms. The van der Waals surface area contributed by atoms with Crippen LogP contribution < -0.4 is 10.1 Å². The third-order valence-electron chi connectivity index (χ3n) is 4.11. The molecule has 2 aromatic heterocycles. The summed E-state index contributed by atoms with van der Waals surface area (Å²) in [7, 11) is -2.07. The van der Waals surface area contributed by atoms with Crippen molar-refractivity contribution in [1.82, 2.24) is 9.29 Å². The summed E-state index contributed by atoms with van der Waals surface area (Å²) in [6.45, 7) is 1.17. The number of nitrogens with one attached hydrogen (secondary N) is 1. The molecule has 1 aliphatic rings. The normalized spacial score (nSPS) is 17.7. The molecule has 146 valence electrons. The van der Waals surface area contributed by atoms with Gasteiger partial charge in [-0.05, 0) is 30.4 Å². The molecule has 1 fully saturated rings. The number of ether oxygens (including phenoxy) is 2. The van der Waals surface area contributed by atoms with Gasteiger partial charge in [0.1, 0.15) is 16.9 Å². The molecule has 0 aromatic carbocycles. The predicted molar refractivity (Wildman–Crippen MR) is 101 cm³/mol. The van der Waals surface area contributed by atoms with E-state index in [0.29, 0.717) is 44.2 Å². The van der Waals surface area contributed by atoms with E-state index in [9.17, 15) is 13.2 Å². The van der Waals surface area contributed by atoms with Crippen molar-refractivity contribution in [2.45, 2.75) is 23.1 Å². The highest BCUT2D eigenvalue weighted by atomic mass is 32.2. The summed E-state index contributed by atoms with van der Waals surface area (Å²) >= 11 is 1.15. The standard InChI is InChI=1S/C17H21N3O5S2/c1-24-9-10-25-15-7-6-13(12-18-15)19-17(21)14-4-2-8-20(14)27(22,23)16-5-3-11-26-16/h3,5-7,11-12,14H,2,4,8-10H2,1H3,(H,19,21). The van der Waals surface area contributed by atoms with Crippen molar-refractivity contribution in [3.8, 4) is 5.88 Å². The molecule has 0 saturated carbocycles. The van der Waals surface area contributed by atoms with Crippen molar-refractivity contribution in [3.05, 3.63) is 35.8 Å². The van der Waals surface area contributed by atoms with E-state index >= 15 is 0 Å². The van der Waals surface area contributed by atoms with Crippen LogP contribution in [0.15, 0.2) is 40.1 Å². The highest BCUT2D eigenvalue weighted by Crippen LogP contribution is 2.29. The number of amides is 1. The lowest BCUT2D eigenvalue weighted by molar-refractivity contribution is -0.119. The molecule has 1 N–H and O–H groups in total. The van der Waals surface area contributed by atoms with Crippen LogP contribution >= 0.6 is 11.3 Å². The first-order valence-electron chi connectivity index (χ1n) is 8.46. The zero-order chi connectivity index (χ0) is 19.3. The molecule has 0 bridgehead atoms. The molecule has 1 atom stereocenters. The smallest absolute Gasteiger partial charge is 0.253 e. The van der Waals surface area contributed by atoms with Crippen LogP contribution in [0.25, 0.3) is 0 Å². The number of nitrogens with zero attached hydrogens (tertiary/aromatic N) is 2. The minimum Gasteiger partial charge on any atom is -0.475 e. The molecule has 1 aliphatic heterocycles. The van der Waals surface area contributed by atoms with E-state index in [2.05, 4.69) is 10.3 Å². The van der Waals surface area contributed by atoms with Crippen LogP contribution in [0.3, 0.4) is 0 Å². The van der Waals surface area contributed by atoms with Crippen molar-refractivity contribution in [3.63, 3.8) is 0 Å². The highest BCUT2D eigenvalue weighted by molar-refractivity contribution is 7.91. The number of methoxy groups -OCH3 is 1. The molecule has 1 unspecified atom stereocenters. The van der Waals surface area contributed by atoms with Crippen LogP contribution in [-0.4, -0.2) is 56.5 Å². The van der Waals surface area contributed by atoms with E-state index < -0.39 is 16.1 Å². The van der Waals surface area contributed by atoms with Crippen molar-refractivity contribution in [1.29, 1.82) is 0 Å². The van der Waals surface area contributed by atoms with Gasteiger partial charge in [-0.15, -0.1) is 11.3 Å². The Bertz CT molecular complexity index is 853. The van der Waals surface area contributed by atoms with Crippen molar-refractivity contribution < 1.29 is 22.7 Å². The zero-order valence-corrected chi connectivity index (χ0v) is 16.5. The summed E-state index contributed by atoms with van der Waals surface area (Å²) in [5.41, 5.74) is 0.486. The predicted octanol–water partition coefficient (Wildman–Crippen LogP) is 1.96. The minimum absolute atomic E-state index is 0.251. The third-order valence-corrected chi connectivity index (χ3v) is 7.39. The maximum Gasteiger partial charge on any atom is 0.253 e. The molecule has 1 amide bonds. The van der Waals surface area contributed by atoms with Gasteiger partial charge in [0.2, 0.25) is 11.8 Å². The summed E-state index contributed by atoms with van der Waals surface area (Å²) in [4.78, 5) is 16.8. The Hall–Kier alpha value is -2.01. The van der Waals surface area contributed by atoms with Crippen LogP contribution in [0.2, 0.25) is 0 Å². The maximum atomic E-state index is 12.7. The SMILES string of the molecule is COCCOc1ccc(NC(=O)C2CCCN2S(=O)(=O)c2cccs2)cn1. The van der Waals surface area contributed by atoms with Crippen molar-refractivity contribution in [2.24, 2.45) is 0 Å². The summed E-state index contributed by atoms with van der Waals surface area (Å²) < 4.78 is 37.3. The number of aromatic nitrogens is 1. The van der Waals surface area contributed by atoms with Gasteiger partial charge in [0.15, 0.2) is 0 Å². The van der Waals surface area contributed by atoms with Gasteiger partial charge in [0.05, 0.1) is 18.5 Å². The first-order chi connectivity index (χ1) is 13.0. The van der Waals surface area contributed by atoms with Gasteiger partial charge in [-0.25, -0.2) is 13.4 Å². The Labute approximate surface area is 162 Å². The molecule has 1 saturated heterocycles. The molecule has 0 aliphatic carbocycles. The van der Waals surface area contributed by atoms with Crippen LogP contribution in [0.4, 0.5) is 5.69 Å². The molecular formula is C17H21N3O5S2. The van der Waals surface area contributed by atoms with Gasteiger partial charge in [-0.2, -0.15) is 4.31 Å². The fraction of sp³-hybridized carbons (Fsp3) is 0.412. The van der Waals surface area contributed by atoms with E-state index in [-0.39, 0.29) is 10.1 Å². The molecule has 0 spiro atoms. The van der Waals surface area contributed by atoms with Gasteiger partial charge in [-0.3, -0.25) is 4.79 Å². The van der Waals surface area contributed by atoms with Gasteiger partial charge in [0.25, 0.3) is 10.0 Å². The summed E-state index contributed by atoms with van der Waals surface area (Å²) in [5, 5.41) is 4.45. The lowest BCUT2D eigenvalue weighted by Crippen LogP contribution is -2.42. The van der Waals surface area contributed by atoms with E-state index in [4.69, 9.17) is 9.47 Å². The number of sulfonamides is 1. The van der Waals surface area contributed by atoms with E-state index in [1.807, 2.05) is 0 Å².